The van der Waals surface area contributed by atoms with Crippen molar-refractivity contribution < 1.29 is 0 Å². The molecule has 0 fully saturated rings. The predicted molar refractivity (Wildman–Crippen MR) is 237 cm³/mol. The Kier molecular flexibility index (Phi) is 7.94. The SMILES string of the molecule is c1ccc(C2(c3ccccc3)c3ccccc3N(c3cccc(N4c5ccccc5C(c5ccccc5)(c5ccccc5)c5ccncc54)c3)c3ccccc32)cc1. The zero-order chi connectivity index (χ0) is 38.5. The maximum atomic E-state index is 4.79. The van der Waals surface area contributed by atoms with Crippen molar-refractivity contribution in [1.29, 1.82) is 0 Å². The van der Waals surface area contributed by atoms with Crippen LogP contribution in [0.15, 0.2) is 237 Å². The van der Waals surface area contributed by atoms with Gasteiger partial charge in [0.1, 0.15) is 0 Å². The van der Waals surface area contributed by atoms with Crippen molar-refractivity contribution in [2.75, 3.05) is 9.80 Å². The Morgan fingerprint density at radius 2 is 0.621 bits per heavy atom. The summed E-state index contributed by atoms with van der Waals surface area (Å²) in [4.78, 5) is 9.66. The largest absolute Gasteiger partial charge is 0.310 e. The molecule has 2 aliphatic heterocycles. The molecule has 8 aromatic carbocycles. The number of hydrogen-bond donors (Lipinski definition) is 0. The van der Waals surface area contributed by atoms with Crippen LogP contribution < -0.4 is 9.80 Å². The second-order valence-electron chi connectivity index (χ2n) is 15.1. The molecular weight excluding hydrogens is 703 g/mol. The van der Waals surface area contributed by atoms with Gasteiger partial charge in [-0.15, -0.1) is 0 Å². The number of para-hydroxylation sites is 3. The second-order valence-corrected chi connectivity index (χ2v) is 15.1. The highest BCUT2D eigenvalue weighted by Crippen LogP contribution is 2.60. The molecule has 0 unspecified atom stereocenters. The summed E-state index contributed by atoms with van der Waals surface area (Å²) in [6.45, 7) is 0. The van der Waals surface area contributed by atoms with E-state index in [1.807, 2.05) is 12.4 Å². The second kappa shape index (κ2) is 13.6. The number of benzene rings is 8. The minimum atomic E-state index is -0.561. The van der Waals surface area contributed by atoms with Crippen LogP contribution >= 0.6 is 0 Å². The van der Waals surface area contributed by atoms with Crippen LogP contribution in [0, 0.1) is 0 Å². The normalized spacial score (nSPS) is 14.4. The fourth-order valence-electron chi connectivity index (χ4n) is 10.0. The fourth-order valence-corrected chi connectivity index (χ4v) is 10.0. The number of fused-ring (bicyclic) bond motifs is 4. The third-order valence-corrected chi connectivity index (χ3v) is 12.3. The first-order valence-corrected chi connectivity index (χ1v) is 20.0. The summed E-state index contributed by atoms with van der Waals surface area (Å²) in [5, 5.41) is 0. The van der Waals surface area contributed by atoms with Crippen LogP contribution in [0.1, 0.15) is 44.5 Å². The van der Waals surface area contributed by atoms with Gasteiger partial charge in [-0.3, -0.25) is 4.98 Å². The van der Waals surface area contributed by atoms with Crippen molar-refractivity contribution in [3.05, 3.63) is 281 Å². The molecule has 0 bridgehead atoms. The molecule has 1 aromatic heterocycles. The molecule has 3 nitrogen and oxygen atoms in total. The van der Waals surface area contributed by atoms with Crippen molar-refractivity contribution in [3.8, 4) is 0 Å². The molecule has 0 amide bonds. The van der Waals surface area contributed by atoms with Crippen LogP contribution in [0.25, 0.3) is 0 Å². The van der Waals surface area contributed by atoms with E-state index in [4.69, 9.17) is 4.98 Å². The molecule has 3 heterocycles. The first-order chi connectivity index (χ1) is 28.8. The third-order valence-electron chi connectivity index (χ3n) is 12.3. The lowest BCUT2D eigenvalue weighted by Gasteiger charge is -2.47. The lowest BCUT2D eigenvalue weighted by Crippen LogP contribution is -2.38. The molecular formula is C55H39N3. The summed E-state index contributed by atoms with van der Waals surface area (Å²) in [5.41, 5.74) is 15.3. The lowest BCUT2D eigenvalue weighted by molar-refractivity contribution is 0.728. The zero-order valence-corrected chi connectivity index (χ0v) is 31.9. The summed E-state index contributed by atoms with van der Waals surface area (Å²) in [7, 11) is 0. The predicted octanol–water partition coefficient (Wildman–Crippen LogP) is 13.4. The monoisotopic (exact) mass is 741 g/mol. The van der Waals surface area contributed by atoms with Crippen molar-refractivity contribution in [2.45, 2.75) is 10.8 Å². The van der Waals surface area contributed by atoms with Gasteiger partial charge in [0, 0.05) is 17.6 Å². The first kappa shape index (κ1) is 33.8. The third kappa shape index (κ3) is 4.83. The van der Waals surface area contributed by atoms with Gasteiger partial charge in [0.25, 0.3) is 0 Å². The van der Waals surface area contributed by atoms with E-state index >= 15 is 0 Å². The number of pyridine rings is 1. The van der Waals surface area contributed by atoms with Gasteiger partial charge in [-0.1, -0.05) is 182 Å². The first-order valence-electron chi connectivity index (χ1n) is 20.0. The average molecular weight is 742 g/mol. The highest BCUT2D eigenvalue weighted by atomic mass is 15.2. The minimum absolute atomic E-state index is 0.529. The van der Waals surface area contributed by atoms with Gasteiger partial charge in [-0.2, -0.15) is 0 Å². The van der Waals surface area contributed by atoms with Crippen LogP contribution in [0.3, 0.4) is 0 Å². The lowest BCUT2D eigenvalue weighted by atomic mass is 9.62. The highest BCUT2D eigenvalue weighted by Gasteiger charge is 2.48. The quantitative estimate of drug-likeness (QED) is 0.169. The van der Waals surface area contributed by atoms with E-state index in [1.54, 1.807) is 0 Å². The van der Waals surface area contributed by atoms with Crippen LogP contribution in [0.4, 0.5) is 34.1 Å². The van der Waals surface area contributed by atoms with E-state index in [0.717, 1.165) is 34.1 Å². The Balaban J connectivity index is 1.14. The molecule has 0 N–H and O–H groups in total. The van der Waals surface area contributed by atoms with E-state index in [9.17, 15) is 0 Å². The summed E-state index contributed by atoms with van der Waals surface area (Å²) < 4.78 is 0. The van der Waals surface area contributed by atoms with E-state index in [-0.39, 0.29) is 0 Å². The number of anilines is 6. The molecule has 2 aliphatic rings. The number of hydrogen-bond acceptors (Lipinski definition) is 3. The van der Waals surface area contributed by atoms with Crippen molar-refractivity contribution in [1.82, 2.24) is 4.98 Å². The molecule has 58 heavy (non-hydrogen) atoms. The Morgan fingerprint density at radius 3 is 1.02 bits per heavy atom. The molecule has 0 saturated carbocycles. The standard InChI is InChI=1S/C55H39N3/c1-5-20-40(21-6-1)54(41-22-7-2-8-23-41)46-30-13-16-33-50(46)57(51-34-17-14-31-47(51)54)44-28-19-29-45(38-44)58-52-35-18-15-32-48(52)55(42-24-9-3-10-25-42,43-26-11-4-12-27-43)49-36-37-56-39-53(49)58/h1-39H. The highest BCUT2D eigenvalue weighted by molar-refractivity contribution is 5.93. The number of aromatic nitrogens is 1. The van der Waals surface area contributed by atoms with Gasteiger partial charge < -0.3 is 9.80 Å². The maximum absolute atomic E-state index is 4.79. The Hall–Kier alpha value is -7.49. The summed E-state index contributed by atoms with van der Waals surface area (Å²) >= 11 is 0. The van der Waals surface area contributed by atoms with Crippen molar-refractivity contribution >= 4 is 34.1 Å². The number of nitrogens with zero attached hydrogens (tertiary/aromatic N) is 3. The summed E-state index contributed by atoms with van der Waals surface area (Å²) in [6, 6.07) is 81.9. The minimum Gasteiger partial charge on any atom is -0.310 e. The smallest absolute Gasteiger partial charge is 0.0743 e. The van der Waals surface area contributed by atoms with Gasteiger partial charge in [0.05, 0.1) is 39.8 Å². The van der Waals surface area contributed by atoms with E-state index < -0.39 is 10.8 Å². The van der Waals surface area contributed by atoms with E-state index in [2.05, 4.69) is 234 Å². The summed E-state index contributed by atoms with van der Waals surface area (Å²) in [6.07, 6.45) is 3.98. The van der Waals surface area contributed by atoms with Crippen LogP contribution in [-0.2, 0) is 10.8 Å². The molecule has 0 spiro atoms. The van der Waals surface area contributed by atoms with Gasteiger partial charge in [-0.25, -0.2) is 0 Å². The van der Waals surface area contributed by atoms with Gasteiger partial charge in [-0.05, 0) is 87.0 Å². The molecule has 9 aromatic rings. The molecule has 0 radical (unpaired) electrons. The molecule has 0 aliphatic carbocycles. The topological polar surface area (TPSA) is 19.4 Å². The Bertz CT molecular complexity index is 2530. The molecule has 0 saturated heterocycles. The summed E-state index contributed by atoms with van der Waals surface area (Å²) in [5.74, 6) is 0. The maximum Gasteiger partial charge on any atom is 0.0743 e. The van der Waals surface area contributed by atoms with Crippen LogP contribution in [0.2, 0.25) is 0 Å². The Morgan fingerprint density at radius 1 is 0.293 bits per heavy atom. The van der Waals surface area contributed by atoms with Gasteiger partial charge in [0.2, 0.25) is 0 Å². The van der Waals surface area contributed by atoms with Gasteiger partial charge in [0.15, 0.2) is 0 Å². The Labute approximate surface area is 339 Å². The van der Waals surface area contributed by atoms with Crippen molar-refractivity contribution in [2.24, 2.45) is 0 Å². The van der Waals surface area contributed by atoms with E-state index in [1.165, 1.54) is 44.5 Å². The average Bonchev–Trinajstić information content (AvgIpc) is 3.31. The number of rotatable bonds is 6. The van der Waals surface area contributed by atoms with Crippen LogP contribution in [-0.4, -0.2) is 4.98 Å². The fraction of sp³-hybridized carbons (Fsp3) is 0.0364. The molecule has 0 atom stereocenters. The van der Waals surface area contributed by atoms with E-state index in [0.29, 0.717) is 0 Å². The molecule has 3 heteroatoms. The zero-order valence-electron chi connectivity index (χ0n) is 31.9. The molecule has 11 rings (SSSR count). The van der Waals surface area contributed by atoms with Crippen LogP contribution in [0.5, 0.6) is 0 Å². The van der Waals surface area contributed by atoms with Gasteiger partial charge >= 0.3 is 0 Å². The van der Waals surface area contributed by atoms with Crippen molar-refractivity contribution in [3.63, 3.8) is 0 Å². The molecule has 274 valence electrons.